The third kappa shape index (κ3) is 6.86. The van der Waals surface area contributed by atoms with E-state index < -0.39 is 0 Å². The topological polar surface area (TPSA) is 93.5 Å². The standard InChI is InChI=1S/C10H20N4O.HI/c11-10(12)14-6-5-13-9(15)7-8-3-1-2-4-8;/h8H,1-7H2,(H,13,15)(H4,11,12,14);1H. The number of hydrogen-bond donors (Lipinski definition) is 3. The molecule has 0 aromatic rings. The lowest BCUT2D eigenvalue weighted by molar-refractivity contribution is -0.121. The Labute approximate surface area is 113 Å². The lowest BCUT2D eigenvalue weighted by Gasteiger charge is -2.08. The summed E-state index contributed by atoms with van der Waals surface area (Å²) in [7, 11) is 0. The van der Waals surface area contributed by atoms with Crippen molar-refractivity contribution in [2.75, 3.05) is 13.1 Å². The number of nitrogens with one attached hydrogen (secondary N) is 1. The maximum absolute atomic E-state index is 11.4. The quantitative estimate of drug-likeness (QED) is 0.296. The fraction of sp³-hybridized carbons (Fsp3) is 0.800. The average Bonchev–Trinajstić information content (AvgIpc) is 2.64. The summed E-state index contributed by atoms with van der Waals surface area (Å²) >= 11 is 0. The third-order valence-electron chi connectivity index (χ3n) is 2.68. The van der Waals surface area contributed by atoms with Gasteiger partial charge in [-0.3, -0.25) is 9.79 Å². The predicted octanol–water partition coefficient (Wildman–Crippen LogP) is 0.574. The molecule has 1 amide bonds. The van der Waals surface area contributed by atoms with Crippen LogP contribution in [-0.2, 0) is 4.79 Å². The van der Waals surface area contributed by atoms with Crippen molar-refractivity contribution in [2.24, 2.45) is 22.4 Å². The molecule has 0 aromatic carbocycles. The van der Waals surface area contributed by atoms with Crippen LogP contribution in [0.25, 0.3) is 0 Å². The van der Waals surface area contributed by atoms with Crippen molar-refractivity contribution < 1.29 is 4.79 Å². The summed E-state index contributed by atoms with van der Waals surface area (Å²) in [6.07, 6.45) is 5.59. The van der Waals surface area contributed by atoms with Gasteiger partial charge in [-0.2, -0.15) is 0 Å². The second-order valence-electron chi connectivity index (χ2n) is 4.01. The summed E-state index contributed by atoms with van der Waals surface area (Å²) in [5.41, 5.74) is 10.3. The molecule has 16 heavy (non-hydrogen) atoms. The summed E-state index contributed by atoms with van der Waals surface area (Å²) in [5, 5.41) is 2.81. The SMILES string of the molecule is I.NC(N)=NCCNC(=O)CC1CCCC1. The number of carbonyl (C=O) groups is 1. The van der Waals surface area contributed by atoms with Crippen molar-refractivity contribution >= 4 is 35.8 Å². The zero-order chi connectivity index (χ0) is 11.1. The molecule has 0 bridgehead atoms. The molecule has 0 aromatic heterocycles. The minimum absolute atomic E-state index is 0. The molecule has 1 aliphatic rings. The predicted molar refractivity (Wildman–Crippen MR) is 75.7 cm³/mol. The molecule has 1 fully saturated rings. The smallest absolute Gasteiger partial charge is 0.220 e. The number of carbonyl (C=O) groups excluding carboxylic acids is 1. The summed E-state index contributed by atoms with van der Waals surface area (Å²) in [6.45, 7) is 0.974. The molecule has 1 aliphatic carbocycles. The fourth-order valence-electron chi connectivity index (χ4n) is 1.93. The van der Waals surface area contributed by atoms with Crippen LogP contribution in [0.4, 0.5) is 0 Å². The highest BCUT2D eigenvalue weighted by molar-refractivity contribution is 14.0. The van der Waals surface area contributed by atoms with Gasteiger partial charge in [-0.05, 0) is 18.8 Å². The lowest BCUT2D eigenvalue weighted by atomic mass is 10.0. The Kier molecular flexibility index (Phi) is 8.32. The van der Waals surface area contributed by atoms with E-state index in [4.69, 9.17) is 11.5 Å². The first-order chi connectivity index (χ1) is 7.18. The van der Waals surface area contributed by atoms with E-state index in [-0.39, 0.29) is 35.8 Å². The Morgan fingerprint density at radius 1 is 1.31 bits per heavy atom. The number of halogens is 1. The molecule has 94 valence electrons. The number of nitrogens with zero attached hydrogens (tertiary/aromatic N) is 1. The molecule has 0 aliphatic heterocycles. The van der Waals surface area contributed by atoms with Crippen LogP contribution in [0.15, 0.2) is 4.99 Å². The number of nitrogens with two attached hydrogens (primary N) is 2. The fourth-order valence-corrected chi connectivity index (χ4v) is 1.93. The molecule has 0 unspecified atom stereocenters. The molecule has 0 heterocycles. The van der Waals surface area contributed by atoms with Crippen LogP contribution < -0.4 is 16.8 Å². The molecule has 6 heteroatoms. The van der Waals surface area contributed by atoms with Gasteiger partial charge in [0.1, 0.15) is 0 Å². The number of hydrogen-bond acceptors (Lipinski definition) is 2. The second-order valence-corrected chi connectivity index (χ2v) is 4.01. The van der Waals surface area contributed by atoms with E-state index in [1.807, 2.05) is 0 Å². The molecular formula is C10H21IN4O. The Morgan fingerprint density at radius 2 is 1.94 bits per heavy atom. The van der Waals surface area contributed by atoms with E-state index in [0.29, 0.717) is 25.4 Å². The van der Waals surface area contributed by atoms with Crippen LogP contribution in [0, 0.1) is 5.92 Å². The van der Waals surface area contributed by atoms with Gasteiger partial charge in [0.25, 0.3) is 0 Å². The van der Waals surface area contributed by atoms with Crippen molar-refractivity contribution in [1.82, 2.24) is 5.32 Å². The highest BCUT2D eigenvalue weighted by atomic mass is 127. The van der Waals surface area contributed by atoms with Crippen molar-refractivity contribution in [2.45, 2.75) is 32.1 Å². The number of guanidine groups is 1. The average molecular weight is 340 g/mol. The lowest BCUT2D eigenvalue weighted by Crippen LogP contribution is -2.29. The summed E-state index contributed by atoms with van der Waals surface area (Å²) in [6, 6.07) is 0. The van der Waals surface area contributed by atoms with Crippen LogP contribution in [0.2, 0.25) is 0 Å². The maximum atomic E-state index is 11.4. The third-order valence-corrected chi connectivity index (χ3v) is 2.68. The van der Waals surface area contributed by atoms with Gasteiger partial charge in [-0.15, -0.1) is 24.0 Å². The summed E-state index contributed by atoms with van der Waals surface area (Å²) in [4.78, 5) is 15.2. The molecule has 0 saturated heterocycles. The van der Waals surface area contributed by atoms with Gasteiger partial charge in [-0.25, -0.2) is 0 Å². The zero-order valence-corrected chi connectivity index (χ0v) is 11.8. The highest BCUT2D eigenvalue weighted by Gasteiger charge is 2.17. The molecule has 1 rings (SSSR count). The van der Waals surface area contributed by atoms with Crippen molar-refractivity contribution in [3.05, 3.63) is 0 Å². The van der Waals surface area contributed by atoms with Crippen LogP contribution in [-0.4, -0.2) is 25.0 Å². The van der Waals surface area contributed by atoms with Crippen molar-refractivity contribution in [3.8, 4) is 0 Å². The summed E-state index contributed by atoms with van der Waals surface area (Å²) < 4.78 is 0. The Morgan fingerprint density at radius 3 is 2.50 bits per heavy atom. The minimum atomic E-state index is 0. The maximum Gasteiger partial charge on any atom is 0.220 e. The van der Waals surface area contributed by atoms with Gasteiger partial charge in [0.2, 0.25) is 5.91 Å². The highest BCUT2D eigenvalue weighted by Crippen LogP contribution is 2.27. The Bertz CT molecular complexity index is 235. The van der Waals surface area contributed by atoms with Gasteiger partial charge in [-0.1, -0.05) is 12.8 Å². The van der Waals surface area contributed by atoms with E-state index in [1.165, 1.54) is 25.7 Å². The van der Waals surface area contributed by atoms with Gasteiger partial charge in [0.15, 0.2) is 5.96 Å². The first-order valence-electron chi connectivity index (χ1n) is 5.50. The number of aliphatic imine (C=N–C) groups is 1. The number of amides is 1. The zero-order valence-electron chi connectivity index (χ0n) is 9.45. The van der Waals surface area contributed by atoms with Crippen LogP contribution >= 0.6 is 24.0 Å². The van der Waals surface area contributed by atoms with E-state index in [0.717, 1.165) is 0 Å². The summed E-state index contributed by atoms with van der Waals surface area (Å²) in [5.74, 6) is 0.779. The van der Waals surface area contributed by atoms with E-state index in [9.17, 15) is 4.79 Å². The number of rotatable bonds is 5. The van der Waals surface area contributed by atoms with Crippen LogP contribution in [0.1, 0.15) is 32.1 Å². The monoisotopic (exact) mass is 340 g/mol. The Hall–Kier alpha value is -0.530. The minimum Gasteiger partial charge on any atom is -0.370 e. The first kappa shape index (κ1) is 15.5. The van der Waals surface area contributed by atoms with E-state index in [2.05, 4.69) is 10.3 Å². The van der Waals surface area contributed by atoms with Gasteiger partial charge >= 0.3 is 0 Å². The van der Waals surface area contributed by atoms with Crippen molar-refractivity contribution in [1.29, 1.82) is 0 Å². The molecule has 0 atom stereocenters. The molecule has 5 N–H and O–H groups in total. The van der Waals surface area contributed by atoms with E-state index in [1.54, 1.807) is 0 Å². The molecule has 0 radical (unpaired) electrons. The first-order valence-corrected chi connectivity index (χ1v) is 5.50. The van der Waals surface area contributed by atoms with Gasteiger partial charge in [0.05, 0.1) is 6.54 Å². The van der Waals surface area contributed by atoms with Crippen LogP contribution in [0.5, 0.6) is 0 Å². The molecule has 5 nitrogen and oxygen atoms in total. The van der Waals surface area contributed by atoms with E-state index >= 15 is 0 Å². The van der Waals surface area contributed by atoms with Crippen LogP contribution in [0.3, 0.4) is 0 Å². The van der Waals surface area contributed by atoms with Crippen molar-refractivity contribution in [3.63, 3.8) is 0 Å². The largest absolute Gasteiger partial charge is 0.370 e. The van der Waals surface area contributed by atoms with Gasteiger partial charge < -0.3 is 16.8 Å². The second kappa shape index (κ2) is 8.60. The normalized spacial score (nSPS) is 15.2. The Balaban J connectivity index is 0.00000225. The molecule has 0 spiro atoms. The molecule has 1 saturated carbocycles. The molecular weight excluding hydrogens is 319 g/mol. The van der Waals surface area contributed by atoms with Gasteiger partial charge in [0, 0.05) is 13.0 Å².